The van der Waals surface area contributed by atoms with Crippen molar-refractivity contribution >= 4 is 12.0 Å². The Kier molecular flexibility index (Phi) is 7.83. The average molecular weight is 432 g/mol. The lowest BCUT2D eigenvalue weighted by Gasteiger charge is -2.24. The van der Waals surface area contributed by atoms with Crippen LogP contribution in [0.2, 0.25) is 0 Å². The van der Waals surface area contributed by atoms with Gasteiger partial charge in [0.2, 0.25) is 5.92 Å². The molecule has 1 aromatic carbocycles. The Bertz CT molecular complexity index is 758. The standard InChI is InChI=1S/C20H24F4N2O4/c21-19(22,11-9-17(28)29)10-4-12-26-15(13-25-18(26)30)7-8-16(27)20(23,24)14-5-2-1-3-6-14/h1-3,5-8,15-16,27H,4,9-13H2,(H,25,30)(H,28,29). The van der Waals surface area contributed by atoms with Crippen molar-refractivity contribution in [1.29, 1.82) is 0 Å². The summed E-state index contributed by atoms with van der Waals surface area (Å²) in [6.45, 7) is 0.0308. The molecule has 0 spiro atoms. The molecule has 0 aliphatic carbocycles. The highest BCUT2D eigenvalue weighted by atomic mass is 19.3. The molecule has 1 aliphatic heterocycles. The van der Waals surface area contributed by atoms with E-state index < -0.39 is 55.3 Å². The van der Waals surface area contributed by atoms with Crippen molar-refractivity contribution in [3.8, 4) is 0 Å². The summed E-state index contributed by atoms with van der Waals surface area (Å²) < 4.78 is 56.0. The van der Waals surface area contributed by atoms with E-state index in [0.29, 0.717) is 0 Å². The SMILES string of the molecule is O=C(O)CCC(F)(F)CCCN1C(=O)NCC1C=CC(O)C(F)(F)c1ccccc1. The number of carbonyl (C=O) groups is 2. The summed E-state index contributed by atoms with van der Waals surface area (Å²) >= 11 is 0. The number of aliphatic carboxylic acids is 1. The van der Waals surface area contributed by atoms with Crippen LogP contribution in [0.5, 0.6) is 0 Å². The minimum atomic E-state index is -3.54. The zero-order chi connectivity index (χ0) is 22.4. The van der Waals surface area contributed by atoms with Crippen molar-refractivity contribution in [3.63, 3.8) is 0 Å². The van der Waals surface area contributed by atoms with Crippen molar-refractivity contribution in [2.24, 2.45) is 0 Å². The number of carboxylic acid groups (broad SMARTS) is 1. The number of carboxylic acids is 1. The number of halogens is 4. The number of nitrogens with zero attached hydrogens (tertiary/aromatic N) is 1. The summed E-state index contributed by atoms with van der Waals surface area (Å²) in [5, 5.41) is 20.9. The third-order valence-corrected chi connectivity index (χ3v) is 4.82. The number of benzene rings is 1. The van der Waals surface area contributed by atoms with Crippen LogP contribution < -0.4 is 5.32 Å². The highest BCUT2D eigenvalue weighted by Crippen LogP contribution is 2.32. The number of hydrogen-bond donors (Lipinski definition) is 3. The van der Waals surface area contributed by atoms with Gasteiger partial charge in [-0.2, -0.15) is 8.78 Å². The van der Waals surface area contributed by atoms with Gasteiger partial charge in [0, 0.05) is 31.5 Å². The van der Waals surface area contributed by atoms with Gasteiger partial charge in [0.25, 0.3) is 0 Å². The molecule has 1 heterocycles. The van der Waals surface area contributed by atoms with Gasteiger partial charge >= 0.3 is 17.9 Å². The molecule has 1 aromatic rings. The van der Waals surface area contributed by atoms with E-state index in [1.807, 2.05) is 0 Å². The molecule has 1 fully saturated rings. The zero-order valence-corrected chi connectivity index (χ0v) is 16.1. The van der Waals surface area contributed by atoms with Gasteiger partial charge in [-0.15, -0.1) is 0 Å². The molecule has 2 rings (SSSR count). The van der Waals surface area contributed by atoms with Crippen LogP contribution in [0.25, 0.3) is 0 Å². The molecule has 0 radical (unpaired) electrons. The van der Waals surface area contributed by atoms with Gasteiger partial charge in [-0.25, -0.2) is 13.6 Å². The van der Waals surface area contributed by atoms with Crippen molar-refractivity contribution in [1.82, 2.24) is 10.2 Å². The van der Waals surface area contributed by atoms with Crippen LogP contribution in [0, 0.1) is 0 Å². The van der Waals surface area contributed by atoms with Crippen LogP contribution in [0.1, 0.15) is 31.2 Å². The van der Waals surface area contributed by atoms with Crippen molar-refractivity contribution in [3.05, 3.63) is 48.0 Å². The van der Waals surface area contributed by atoms with Gasteiger partial charge in [0.15, 0.2) is 0 Å². The van der Waals surface area contributed by atoms with E-state index in [0.717, 1.165) is 6.08 Å². The molecule has 0 aromatic heterocycles. The van der Waals surface area contributed by atoms with Crippen LogP contribution in [-0.4, -0.2) is 58.3 Å². The molecule has 2 atom stereocenters. The number of alkyl halides is 4. The highest BCUT2D eigenvalue weighted by molar-refractivity contribution is 5.77. The predicted molar refractivity (Wildman–Crippen MR) is 100 cm³/mol. The van der Waals surface area contributed by atoms with Gasteiger partial charge in [-0.05, 0) is 6.42 Å². The van der Waals surface area contributed by atoms with Gasteiger partial charge in [-0.3, -0.25) is 4.79 Å². The quantitative estimate of drug-likeness (QED) is 0.370. The first-order valence-electron chi connectivity index (χ1n) is 9.47. The second kappa shape index (κ2) is 9.92. The number of carbonyl (C=O) groups excluding carboxylic acids is 1. The molecular formula is C20H24F4N2O4. The van der Waals surface area contributed by atoms with Crippen LogP contribution in [0.15, 0.2) is 42.5 Å². The summed E-state index contributed by atoms with van der Waals surface area (Å²) in [7, 11) is 0. The lowest BCUT2D eigenvalue weighted by atomic mass is 10.0. The Morgan fingerprint density at radius 3 is 2.53 bits per heavy atom. The highest BCUT2D eigenvalue weighted by Gasteiger charge is 2.39. The van der Waals surface area contributed by atoms with E-state index in [1.54, 1.807) is 6.07 Å². The number of urea groups is 1. The van der Waals surface area contributed by atoms with Crippen LogP contribution >= 0.6 is 0 Å². The maximum Gasteiger partial charge on any atom is 0.318 e. The largest absolute Gasteiger partial charge is 0.481 e. The first-order chi connectivity index (χ1) is 14.0. The van der Waals surface area contributed by atoms with Gasteiger partial charge in [0.05, 0.1) is 12.5 Å². The first-order valence-corrected chi connectivity index (χ1v) is 9.47. The maximum absolute atomic E-state index is 14.3. The molecular weight excluding hydrogens is 408 g/mol. The summed E-state index contributed by atoms with van der Waals surface area (Å²) in [6.07, 6.45) is -2.12. The van der Waals surface area contributed by atoms with Gasteiger partial charge in [0.1, 0.15) is 6.10 Å². The molecule has 1 aliphatic rings. The number of rotatable bonds is 11. The molecule has 0 bridgehead atoms. The van der Waals surface area contributed by atoms with E-state index >= 15 is 0 Å². The van der Waals surface area contributed by atoms with Crippen molar-refractivity contribution in [2.45, 2.75) is 49.7 Å². The van der Waals surface area contributed by atoms with Crippen LogP contribution in [0.4, 0.5) is 22.4 Å². The Hall–Kier alpha value is -2.62. The fourth-order valence-electron chi connectivity index (χ4n) is 3.10. The lowest BCUT2D eigenvalue weighted by Crippen LogP contribution is -2.35. The fourth-order valence-corrected chi connectivity index (χ4v) is 3.10. The predicted octanol–water partition coefficient (Wildman–Crippen LogP) is 3.37. The Labute approximate surface area is 171 Å². The minimum Gasteiger partial charge on any atom is -0.481 e. The third-order valence-electron chi connectivity index (χ3n) is 4.82. The molecule has 30 heavy (non-hydrogen) atoms. The molecule has 10 heteroatoms. The van der Waals surface area contributed by atoms with Crippen LogP contribution in [-0.2, 0) is 10.7 Å². The summed E-state index contributed by atoms with van der Waals surface area (Å²) in [4.78, 5) is 23.6. The minimum absolute atomic E-state index is 0.0608. The van der Waals surface area contributed by atoms with E-state index in [9.17, 15) is 32.3 Å². The summed E-state index contributed by atoms with van der Waals surface area (Å²) in [5.41, 5.74) is -0.358. The number of aliphatic hydroxyl groups excluding tert-OH is 1. The Morgan fingerprint density at radius 1 is 1.23 bits per heavy atom. The molecule has 2 amide bonds. The molecule has 3 N–H and O–H groups in total. The van der Waals surface area contributed by atoms with Crippen molar-refractivity contribution in [2.75, 3.05) is 13.1 Å². The van der Waals surface area contributed by atoms with Gasteiger partial charge in [-0.1, -0.05) is 42.5 Å². The second-order valence-electron chi connectivity index (χ2n) is 7.12. The van der Waals surface area contributed by atoms with Crippen molar-refractivity contribution < 1.29 is 37.4 Å². The first kappa shape index (κ1) is 23.7. The molecule has 2 unspecified atom stereocenters. The molecule has 1 saturated heterocycles. The topological polar surface area (TPSA) is 89.9 Å². The maximum atomic E-state index is 14.3. The number of hydrogen-bond acceptors (Lipinski definition) is 3. The average Bonchev–Trinajstić information content (AvgIpc) is 3.05. The van der Waals surface area contributed by atoms with E-state index in [2.05, 4.69) is 5.32 Å². The number of nitrogens with one attached hydrogen (secondary N) is 1. The summed E-state index contributed by atoms with van der Waals surface area (Å²) in [5.74, 6) is -8.02. The smallest absolute Gasteiger partial charge is 0.318 e. The van der Waals surface area contributed by atoms with Gasteiger partial charge < -0.3 is 20.4 Å². The second-order valence-corrected chi connectivity index (χ2v) is 7.12. The Balaban J connectivity index is 1.93. The fraction of sp³-hybridized carbons (Fsp3) is 0.500. The molecule has 0 saturated carbocycles. The third kappa shape index (κ3) is 6.45. The van der Waals surface area contributed by atoms with E-state index in [-0.39, 0.29) is 25.1 Å². The lowest BCUT2D eigenvalue weighted by molar-refractivity contribution is -0.139. The monoisotopic (exact) mass is 432 g/mol. The molecule has 166 valence electrons. The van der Waals surface area contributed by atoms with E-state index in [4.69, 9.17) is 5.11 Å². The summed E-state index contributed by atoms with van der Waals surface area (Å²) in [6, 6.07) is 5.60. The number of aliphatic hydroxyl groups is 1. The van der Waals surface area contributed by atoms with Crippen LogP contribution in [0.3, 0.4) is 0 Å². The zero-order valence-electron chi connectivity index (χ0n) is 16.1. The molecule has 6 nitrogen and oxygen atoms in total. The number of amides is 2. The normalized spacial score (nSPS) is 18.6. The van der Waals surface area contributed by atoms with E-state index in [1.165, 1.54) is 35.2 Å². The Morgan fingerprint density at radius 2 is 1.90 bits per heavy atom.